The van der Waals surface area contributed by atoms with Crippen molar-refractivity contribution in [1.82, 2.24) is 0 Å². The first kappa shape index (κ1) is 14.2. The van der Waals surface area contributed by atoms with Gasteiger partial charge in [0.25, 0.3) is 0 Å². The van der Waals surface area contributed by atoms with Gasteiger partial charge in [0.05, 0.1) is 19.1 Å². The van der Waals surface area contributed by atoms with E-state index in [1.807, 2.05) is 0 Å². The molecule has 0 amide bonds. The van der Waals surface area contributed by atoms with E-state index in [0.717, 1.165) is 0 Å². The number of rotatable bonds is 6. The van der Waals surface area contributed by atoms with Crippen molar-refractivity contribution in [3.63, 3.8) is 0 Å². The van der Waals surface area contributed by atoms with Crippen LogP contribution >= 0.6 is 11.6 Å². The molecule has 4 nitrogen and oxygen atoms in total. The van der Waals surface area contributed by atoms with E-state index in [1.54, 1.807) is 20.8 Å². The molecule has 0 aromatic heterocycles. The average Bonchev–Trinajstić information content (AvgIpc) is 2.19. The highest BCUT2D eigenvalue weighted by atomic mass is 35.5. The highest BCUT2D eigenvalue weighted by Gasteiger charge is 2.32. The number of hydrogen-bond acceptors (Lipinski definition) is 4. The quantitative estimate of drug-likeness (QED) is 0.521. The van der Waals surface area contributed by atoms with Crippen molar-refractivity contribution >= 4 is 23.5 Å². The Hall–Kier alpha value is -0.770. The summed E-state index contributed by atoms with van der Waals surface area (Å²) in [7, 11) is 0. The van der Waals surface area contributed by atoms with Crippen LogP contribution in [-0.4, -0.2) is 30.5 Å². The fraction of sp³-hybridized carbons (Fsp3) is 0.800. The average molecular weight is 237 g/mol. The summed E-state index contributed by atoms with van der Waals surface area (Å²) in [4.78, 5) is 22.7. The van der Waals surface area contributed by atoms with Gasteiger partial charge in [-0.1, -0.05) is 6.92 Å². The third-order valence-corrected chi connectivity index (χ3v) is 2.38. The molecule has 0 saturated heterocycles. The van der Waals surface area contributed by atoms with E-state index in [0.29, 0.717) is 6.42 Å². The minimum Gasteiger partial charge on any atom is -0.466 e. The van der Waals surface area contributed by atoms with Gasteiger partial charge in [0.2, 0.25) is 0 Å². The first-order valence-corrected chi connectivity index (χ1v) is 5.49. The molecule has 0 aromatic rings. The number of ether oxygens (including phenoxy) is 2. The van der Waals surface area contributed by atoms with Crippen molar-refractivity contribution in [3.05, 3.63) is 0 Å². The Balaban J connectivity index is 4.38. The maximum absolute atomic E-state index is 11.4. The molecule has 0 saturated carbocycles. The van der Waals surface area contributed by atoms with E-state index in [2.05, 4.69) is 0 Å². The third kappa shape index (κ3) is 4.51. The van der Waals surface area contributed by atoms with Gasteiger partial charge < -0.3 is 9.47 Å². The van der Waals surface area contributed by atoms with Crippen molar-refractivity contribution in [3.8, 4) is 0 Å². The Morgan fingerprint density at radius 3 is 1.93 bits per heavy atom. The molecule has 2 unspecified atom stereocenters. The molecule has 5 heteroatoms. The van der Waals surface area contributed by atoms with Crippen LogP contribution < -0.4 is 0 Å². The molecule has 0 fully saturated rings. The summed E-state index contributed by atoms with van der Waals surface area (Å²) in [5, 5.41) is -0.964. The predicted molar refractivity (Wildman–Crippen MR) is 56.7 cm³/mol. The smallest absolute Gasteiger partial charge is 0.324 e. The minimum absolute atomic E-state index is 0.251. The molecule has 0 aliphatic heterocycles. The summed E-state index contributed by atoms with van der Waals surface area (Å²) in [5.41, 5.74) is 0. The second-order valence-corrected chi connectivity index (χ2v) is 3.39. The molecular formula is C10H17ClO4. The van der Waals surface area contributed by atoms with Crippen molar-refractivity contribution in [2.24, 2.45) is 5.92 Å². The molecule has 88 valence electrons. The van der Waals surface area contributed by atoms with Gasteiger partial charge in [0.1, 0.15) is 5.38 Å². The van der Waals surface area contributed by atoms with Crippen molar-refractivity contribution < 1.29 is 19.1 Å². The molecular weight excluding hydrogens is 220 g/mol. The lowest BCUT2D eigenvalue weighted by Crippen LogP contribution is -2.33. The van der Waals surface area contributed by atoms with Gasteiger partial charge in [0.15, 0.2) is 0 Å². The fourth-order valence-corrected chi connectivity index (χ4v) is 1.47. The molecule has 2 atom stereocenters. The first-order chi connectivity index (χ1) is 7.08. The van der Waals surface area contributed by atoms with Crippen LogP contribution in [0.15, 0.2) is 0 Å². The Morgan fingerprint density at radius 2 is 1.53 bits per heavy atom. The van der Waals surface area contributed by atoms with Crippen LogP contribution in [0.4, 0.5) is 0 Å². The van der Waals surface area contributed by atoms with Gasteiger partial charge in [-0.2, -0.15) is 0 Å². The van der Waals surface area contributed by atoms with Gasteiger partial charge in [-0.3, -0.25) is 9.59 Å². The van der Waals surface area contributed by atoms with Gasteiger partial charge in [-0.15, -0.1) is 11.6 Å². The predicted octanol–water partition coefficient (Wildman–Crippen LogP) is 1.75. The highest BCUT2D eigenvalue weighted by molar-refractivity contribution is 6.31. The molecule has 0 radical (unpaired) electrons. The number of halogens is 1. The van der Waals surface area contributed by atoms with Crippen molar-refractivity contribution in [2.45, 2.75) is 32.6 Å². The van der Waals surface area contributed by atoms with Crippen LogP contribution in [0.25, 0.3) is 0 Å². The second kappa shape index (κ2) is 7.51. The molecule has 0 rings (SSSR count). The van der Waals surface area contributed by atoms with Crippen LogP contribution in [0.1, 0.15) is 27.2 Å². The zero-order chi connectivity index (χ0) is 11.8. The van der Waals surface area contributed by atoms with Gasteiger partial charge >= 0.3 is 11.9 Å². The normalized spacial score (nSPS) is 14.1. The highest BCUT2D eigenvalue weighted by Crippen LogP contribution is 2.18. The maximum atomic E-state index is 11.4. The molecule has 0 aliphatic rings. The van der Waals surface area contributed by atoms with E-state index < -0.39 is 23.2 Å². The summed E-state index contributed by atoms with van der Waals surface area (Å²) >= 11 is 5.83. The number of esters is 2. The van der Waals surface area contributed by atoms with Crippen LogP contribution in [0.2, 0.25) is 0 Å². The lowest BCUT2D eigenvalue weighted by Gasteiger charge is -2.17. The van der Waals surface area contributed by atoms with E-state index in [1.165, 1.54) is 0 Å². The number of carbonyl (C=O) groups excluding carboxylic acids is 2. The largest absolute Gasteiger partial charge is 0.466 e. The molecule has 15 heavy (non-hydrogen) atoms. The van der Waals surface area contributed by atoms with Gasteiger partial charge in [-0.05, 0) is 20.3 Å². The topological polar surface area (TPSA) is 52.6 Å². The van der Waals surface area contributed by atoms with Crippen LogP contribution in [0.5, 0.6) is 0 Å². The van der Waals surface area contributed by atoms with Crippen molar-refractivity contribution in [1.29, 1.82) is 0 Å². The van der Waals surface area contributed by atoms with E-state index >= 15 is 0 Å². The molecule has 0 aromatic carbocycles. The minimum atomic E-state index is -0.964. The Labute approximate surface area is 94.9 Å². The summed E-state index contributed by atoms with van der Waals surface area (Å²) in [6.07, 6.45) is 0.450. The van der Waals surface area contributed by atoms with Crippen LogP contribution in [0.3, 0.4) is 0 Å². The maximum Gasteiger partial charge on any atom is 0.324 e. The third-order valence-electron chi connectivity index (χ3n) is 1.89. The summed E-state index contributed by atoms with van der Waals surface area (Å²) in [5.74, 6) is -1.65. The Kier molecular flexibility index (Phi) is 7.13. The zero-order valence-electron chi connectivity index (χ0n) is 9.29. The molecule has 0 spiro atoms. The van der Waals surface area contributed by atoms with Crippen LogP contribution in [0, 0.1) is 5.92 Å². The Bertz CT molecular complexity index is 217. The van der Waals surface area contributed by atoms with Crippen molar-refractivity contribution in [2.75, 3.05) is 13.2 Å². The fourth-order valence-electron chi connectivity index (χ4n) is 1.13. The Morgan fingerprint density at radius 1 is 1.07 bits per heavy atom. The standard InChI is InChI=1S/C10H17ClO4/c1-4-7(9(12)14-5-2)8(11)10(13)15-6-3/h7-8H,4-6H2,1-3H3. The van der Waals surface area contributed by atoms with Gasteiger partial charge in [0, 0.05) is 0 Å². The number of alkyl halides is 1. The molecule has 0 N–H and O–H groups in total. The SMILES string of the molecule is CCOC(=O)C(Cl)C(CC)C(=O)OCC. The van der Waals surface area contributed by atoms with E-state index in [-0.39, 0.29) is 13.2 Å². The lowest BCUT2D eigenvalue weighted by atomic mass is 10.0. The van der Waals surface area contributed by atoms with Crippen LogP contribution in [-0.2, 0) is 19.1 Å². The number of carbonyl (C=O) groups is 2. The summed E-state index contributed by atoms with van der Waals surface area (Å²) in [6.45, 7) is 5.70. The molecule has 0 heterocycles. The van der Waals surface area contributed by atoms with Gasteiger partial charge in [-0.25, -0.2) is 0 Å². The summed E-state index contributed by atoms with van der Waals surface area (Å²) in [6, 6.07) is 0. The monoisotopic (exact) mass is 236 g/mol. The zero-order valence-corrected chi connectivity index (χ0v) is 10.0. The lowest BCUT2D eigenvalue weighted by molar-refractivity contribution is -0.154. The molecule has 0 bridgehead atoms. The number of hydrogen-bond donors (Lipinski definition) is 0. The summed E-state index contributed by atoms with van der Waals surface area (Å²) < 4.78 is 9.55. The molecule has 0 aliphatic carbocycles. The van der Waals surface area contributed by atoms with E-state index in [9.17, 15) is 9.59 Å². The first-order valence-electron chi connectivity index (χ1n) is 5.05. The van der Waals surface area contributed by atoms with E-state index in [4.69, 9.17) is 21.1 Å². The second-order valence-electron chi connectivity index (χ2n) is 2.92.